The van der Waals surface area contributed by atoms with Crippen LogP contribution in [0, 0.1) is 0 Å². The second-order valence-corrected chi connectivity index (χ2v) is 4.00. The number of halogens is 1. The van der Waals surface area contributed by atoms with Gasteiger partial charge >= 0.3 is 0 Å². The normalized spacial score (nSPS) is 16.4. The van der Waals surface area contributed by atoms with Crippen LogP contribution >= 0.6 is 12.4 Å². The van der Waals surface area contributed by atoms with E-state index in [4.69, 9.17) is 10.3 Å². The number of hydrogen-bond acceptors (Lipinski definition) is 4. The third kappa shape index (κ3) is 2.96. The average molecular weight is 246 g/mol. The number of aromatic nitrogens is 1. The minimum atomic E-state index is -0.219. The van der Waals surface area contributed by atoms with Crippen LogP contribution in [0.2, 0.25) is 0 Å². The monoisotopic (exact) mass is 245 g/mol. The topological polar surface area (TPSA) is 81.1 Å². The molecule has 90 valence electrons. The molecule has 0 bridgehead atoms. The van der Waals surface area contributed by atoms with E-state index in [1.165, 1.54) is 0 Å². The first kappa shape index (κ1) is 13.0. The third-order valence-corrected chi connectivity index (χ3v) is 2.47. The number of rotatable bonds is 4. The smallest absolute Gasteiger partial charge is 0.273 e. The highest BCUT2D eigenvalue weighted by atomic mass is 35.5. The Kier molecular flexibility index (Phi) is 4.32. The number of nitrogens with two attached hydrogens (primary N) is 1. The van der Waals surface area contributed by atoms with Crippen LogP contribution in [0.4, 0.5) is 0 Å². The van der Waals surface area contributed by atoms with Crippen LogP contribution in [0.25, 0.3) is 0 Å². The summed E-state index contributed by atoms with van der Waals surface area (Å²) in [5.74, 6) is 1.08. The lowest BCUT2D eigenvalue weighted by atomic mass is 10.2. The summed E-state index contributed by atoms with van der Waals surface area (Å²) >= 11 is 0. The molecular weight excluding hydrogens is 230 g/mol. The largest absolute Gasteiger partial charge is 0.360 e. The molecule has 6 heteroatoms. The van der Waals surface area contributed by atoms with E-state index in [2.05, 4.69) is 10.5 Å². The van der Waals surface area contributed by atoms with E-state index >= 15 is 0 Å². The highest BCUT2D eigenvalue weighted by Gasteiger charge is 2.28. The van der Waals surface area contributed by atoms with Gasteiger partial charge in [0.1, 0.15) is 5.76 Å². The van der Waals surface area contributed by atoms with Crippen LogP contribution in [0.15, 0.2) is 10.6 Å². The Morgan fingerprint density at radius 3 is 3.00 bits per heavy atom. The van der Waals surface area contributed by atoms with Crippen LogP contribution in [0.1, 0.15) is 41.9 Å². The Bertz CT molecular complexity index is 363. The number of carbonyl (C=O) groups is 1. The summed E-state index contributed by atoms with van der Waals surface area (Å²) in [6.07, 6.45) is 2.27. The van der Waals surface area contributed by atoms with Gasteiger partial charge in [0.2, 0.25) is 0 Å². The summed E-state index contributed by atoms with van der Waals surface area (Å²) in [5, 5.41) is 6.47. The van der Waals surface area contributed by atoms with Gasteiger partial charge in [-0.2, -0.15) is 0 Å². The summed E-state index contributed by atoms with van der Waals surface area (Å²) in [7, 11) is 0. The summed E-state index contributed by atoms with van der Waals surface area (Å²) in [5.41, 5.74) is 5.75. The van der Waals surface area contributed by atoms with Gasteiger partial charge in [-0.1, -0.05) is 5.16 Å². The lowest BCUT2D eigenvalue weighted by Gasteiger charge is -2.08. The summed E-state index contributed by atoms with van der Waals surface area (Å²) in [6, 6.07) is 1.68. The Balaban J connectivity index is 0.00000128. The molecule has 1 aromatic rings. The fourth-order valence-corrected chi connectivity index (χ4v) is 1.31. The lowest BCUT2D eigenvalue weighted by Crippen LogP contribution is -2.37. The fourth-order valence-electron chi connectivity index (χ4n) is 1.31. The minimum absolute atomic E-state index is 0. The second-order valence-electron chi connectivity index (χ2n) is 4.00. The van der Waals surface area contributed by atoms with Crippen LogP contribution < -0.4 is 11.1 Å². The Hall–Kier alpha value is -1.07. The van der Waals surface area contributed by atoms with Crippen molar-refractivity contribution in [3.8, 4) is 0 Å². The molecule has 0 radical (unpaired) electrons. The molecule has 1 aliphatic rings. The van der Waals surface area contributed by atoms with Gasteiger partial charge in [0.05, 0.1) is 0 Å². The molecule has 0 aromatic carbocycles. The molecule has 1 saturated carbocycles. The summed E-state index contributed by atoms with van der Waals surface area (Å²) in [6.45, 7) is 2.26. The van der Waals surface area contributed by atoms with E-state index in [9.17, 15) is 4.79 Å². The molecule has 5 nitrogen and oxygen atoms in total. The van der Waals surface area contributed by atoms with Crippen molar-refractivity contribution in [2.45, 2.75) is 31.7 Å². The maximum Gasteiger partial charge on any atom is 0.273 e. The van der Waals surface area contributed by atoms with Crippen molar-refractivity contribution >= 4 is 18.3 Å². The van der Waals surface area contributed by atoms with Crippen LogP contribution in [-0.2, 0) is 0 Å². The Morgan fingerprint density at radius 1 is 1.75 bits per heavy atom. The zero-order chi connectivity index (χ0) is 10.8. The molecule has 0 unspecified atom stereocenters. The minimum Gasteiger partial charge on any atom is -0.360 e. The van der Waals surface area contributed by atoms with Gasteiger partial charge in [0.25, 0.3) is 5.91 Å². The van der Waals surface area contributed by atoms with E-state index in [1.807, 2.05) is 6.92 Å². The van der Waals surface area contributed by atoms with Gasteiger partial charge < -0.3 is 15.6 Å². The van der Waals surface area contributed by atoms with Crippen molar-refractivity contribution in [2.24, 2.45) is 5.73 Å². The zero-order valence-electron chi connectivity index (χ0n) is 9.10. The van der Waals surface area contributed by atoms with Gasteiger partial charge in [-0.25, -0.2) is 0 Å². The molecule has 1 aromatic heterocycles. The van der Waals surface area contributed by atoms with Crippen molar-refractivity contribution in [1.29, 1.82) is 0 Å². The molecule has 1 amide bonds. The van der Waals surface area contributed by atoms with Crippen molar-refractivity contribution in [3.05, 3.63) is 17.5 Å². The summed E-state index contributed by atoms with van der Waals surface area (Å²) < 4.78 is 5.08. The predicted octanol–water partition coefficient (Wildman–Crippen LogP) is 1.05. The number of nitrogens with one attached hydrogen (secondary N) is 1. The molecule has 0 aliphatic heterocycles. The Morgan fingerprint density at radius 2 is 2.44 bits per heavy atom. The van der Waals surface area contributed by atoms with E-state index < -0.39 is 0 Å². The number of hydrogen-bond donors (Lipinski definition) is 2. The molecule has 1 atom stereocenters. The van der Waals surface area contributed by atoms with E-state index in [1.54, 1.807) is 6.07 Å². The highest BCUT2D eigenvalue weighted by Crippen LogP contribution is 2.40. The third-order valence-electron chi connectivity index (χ3n) is 2.47. The quantitative estimate of drug-likeness (QED) is 0.831. The zero-order valence-corrected chi connectivity index (χ0v) is 9.92. The van der Waals surface area contributed by atoms with Crippen molar-refractivity contribution in [3.63, 3.8) is 0 Å². The fraction of sp³-hybridized carbons (Fsp3) is 0.600. The first-order valence-corrected chi connectivity index (χ1v) is 5.18. The SMILES string of the molecule is C[C@@H](CN)NC(=O)c1cc(C2CC2)on1.Cl. The molecule has 3 N–H and O–H groups in total. The van der Waals surface area contributed by atoms with Crippen LogP contribution in [-0.4, -0.2) is 23.7 Å². The highest BCUT2D eigenvalue weighted by molar-refractivity contribution is 5.92. The summed E-state index contributed by atoms with van der Waals surface area (Å²) in [4.78, 5) is 11.6. The molecule has 2 rings (SSSR count). The van der Waals surface area contributed by atoms with Crippen LogP contribution in [0.5, 0.6) is 0 Å². The van der Waals surface area contributed by atoms with Gasteiger partial charge in [0.15, 0.2) is 5.69 Å². The van der Waals surface area contributed by atoms with E-state index in [0.29, 0.717) is 18.2 Å². The number of amides is 1. The molecule has 1 fully saturated rings. The van der Waals surface area contributed by atoms with Gasteiger partial charge in [-0.15, -0.1) is 12.4 Å². The van der Waals surface area contributed by atoms with Crippen molar-refractivity contribution in [2.75, 3.05) is 6.54 Å². The number of carbonyl (C=O) groups excluding carboxylic acids is 1. The molecule has 0 spiro atoms. The van der Waals surface area contributed by atoms with Crippen LogP contribution in [0.3, 0.4) is 0 Å². The molecular formula is C10H16ClN3O2. The van der Waals surface area contributed by atoms with Gasteiger partial charge in [-0.3, -0.25) is 4.79 Å². The standard InChI is InChI=1S/C10H15N3O2.ClH/c1-6(5-11)12-10(14)8-4-9(15-13-8)7-2-3-7;/h4,6-7H,2-3,5,11H2,1H3,(H,12,14);1H/t6-;/m0./s1. The Labute approximate surface area is 100 Å². The molecule has 0 saturated heterocycles. The van der Waals surface area contributed by atoms with Gasteiger partial charge in [0, 0.05) is 24.6 Å². The lowest BCUT2D eigenvalue weighted by molar-refractivity contribution is 0.0932. The first-order chi connectivity index (χ1) is 7.20. The number of nitrogens with zero attached hydrogens (tertiary/aromatic N) is 1. The molecule has 1 heterocycles. The maximum absolute atomic E-state index is 11.6. The molecule has 16 heavy (non-hydrogen) atoms. The van der Waals surface area contributed by atoms with E-state index in [0.717, 1.165) is 18.6 Å². The average Bonchev–Trinajstić information content (AvgIpc) is 2.96. The van der Waals surface area contributed by atoms with E-state index in [-0.39, 0.29) is 24.4 Å². The maximum atomic E-state index is 11.6. The second kappa shape index (κ2) is 5.32. The van der Waals surface area contributed by atoms with Crippen molar-refractivity contribution in [1.82, 2.24) is 10.5 Å². The van der Waals surface area contributed by atoms with Crippen molar-refractivity contribution < 1.29 is 9.32 Å². The first-order valence-electron chi connectivity index (χ1n) is 5.18. The molecule has 1 aliphatic carbocycles. The van der Waals surface area contributed by atoms with Gasteiger partial charge in [-0.05, 0) is 19.8 Å². The predicted molar refractivity (Wildman–Crippen MR) is 61.7 cm³/mol.